The van der Waals surface area contributed by atoms with Crippen LogP contribution in [0.2, 0.25) is 0 Å². The number of hydrogen-bond acceptors (Lipinski definition) is 5. The summed E-state index contributed by atoms with van der Waals surface area (Å²) >= 11 is 0. The van der Waals surface area contributed by atoms with Crippen LogP contribution in [0.25, 0.3) is 0 Å². The molecular formula is C16H20FN3O3. The van der Waals surface area contributed by atoms with Gasteiger partial charge in [0.2, 0.25) is 5.91 Å². The third-order valence-electron chi connectivity index (χ3n) is 3.46. The molecule has 0 radical (unpaired) electrons. The van der Waals surface area contributed by atoms with Crippen molar-refractivity contribution in [3.8, 4) is 5.75 Å². The fourth-order valence-electron chi connectivity index (χ4n) is 1.91. The van der Waals surface area contributed by atoms with Crippen LogP contribution in [0, 0.1) is 12.7 Å². The third kappa shape index (κ3) is 4.79. The summed E-state index contributed by atoms with van der Waals surface area (Å²) in [5, 5.41) is 6.39. The number of aromatic nitrogens is 1. The second kappa shape index (κ2) is 7.73. The Morgan fingerprint density at radius 2 is 2.22 bits per heavy atom. The number of nitrogens with one attached hydrogen (secondary N) is 1. The van der Waals surface area contributed by atoms with Crippen LogP contribution in [0.5, 0.6) is 5.75 Å². The number of carbonyl (C=O) groups is 1. The molecule has 0 aliphatic carbocycles. The van der Waals surface area contributed by atoms with Gasteiger partial charge in [0.25, 0.3) is 0 Å². The lowest BCUT2D eigenvalue weighted by molar-refractivity contribution is -0.120. The van der Waals surface area contributed by atoms with Gasteiger partial charge in [-0.1, -0.05) is 17.3 Å². The molecule has 0 unspecified atom stereocenters. The Morgan fingerprint density at radius 1 is 1.48 bits per heavy atom. The molecule has 0 saturated heterocycles. The Labute approximate surface area is 134 Å². The number of ether oxygens (including phenoxy) is 1. The summed E-state index contributed by atoms with van der Waals surface area (Å²) < 4.78 is 23.7. The standard InChI is InChI=1S/C16H20FN3O3/c1-11-10-15(19-23-11)18-16(21)12(2)20(3)8-9-22-14-7-5-4-6-13(14)17/h4-7,10,12H,8-9H2,1-3H3,(H,18,19,21)/t12-/m1/s1. The number of amides is 1. The molecule has 0 saturated carbocycles. The number of hydrogen-bond donors (Lipinski definition) is 1. The van der Waals surface area contributed by atoms with E-state index < -0.39 is 11.9 Å². The van der Waals surface area contributed by atoms with E-state index in [1.165, 1.54) is 6.07 Å². The van der Waals surface area contributed by atoms with Crippen LogP contribution in [-0.2, 0) is 4.79 Å². The van der Waals surface area contributed by atoms with E-state index in [1.54, 1.807) is 45.2 Å². The fraction of sp³-hybridized carbons (Fsp3) is 0.375. The maximum Gasteiger partial charge on any atom is 0.242 e. The number of benzene rings is 1. The molecule has 0 bridgehead atoms. The average molecular weight is 321 g/mol. The molecule has 2 aromatic rings. The molecule has 1 N–H and O–H groups in total. The van der Waals surface area contributed by atoms with E-state index in [1.807, 2.05) is 4.90 Å². The number of rotatable bonds is 7. The zero-order valence-corrected chi connectivity index (χ0v) is 13.4. The largest absolute Gasteiger partial charge is 0.489 e. The predicted octanol–water partition coefficient (Wildman–Crippen LogP) is 2.46. The first-order valence-corrected chi connectivity index (χ1v) is 7.29. The Bertz CT molecular complexity index is 660. The highest BCUT2D eigenvalue weighted by Crippen LogP contribution is 2.15. The minimum Gasteiger partial charge on any atom is -0.489 e. The molecule has 124 valence electrons. The van der Waals surface area contributed by atoms with Gasteiger partial charge in [-0.05, 0) is 33.0 Å². The first kappa shape index (κ1) is 17.0. The number of aryl methyl sites for hydroxylation is 1. The Kier molecular flexibility index (Phi) is 5.70. The number of halogens is 1. The van der Waals surface area contributed by atoms with Gasteiger partial charge in [-0.3, -0.25) is 9.69 Å². The zero-order chi connectivity index (χ0) is 16.8. The van der Waals surface area contributed by atoms with Crippen molar-refractivity contribution in [1.29, 1.82) is 0 Å². The van der Waals surface area contributed by atoms with E-state index in [9.17, 15) is 9.18 Å². The van der Waals surface area contributed by atoms with Crippen molar-refractivity contribution in [1.82, 2.24) is 10.1 Å². The van der Waals surface area contributed by atoms with Gasteiger partial charge in [0.15, 0.2) is 17.4 Å². The smallest absolute Gasteiger partial charge is 0.242 e. The Balaban J connectivity index is 1.79. The van der Waals surface area contributed by atoms with Crippen molar-refractivity contribution in [3.05, 3.63) is 41.9 Å². The van der Waals surface area contributed by atoms with Crippen molar-refractivity contribution in [3.63, 3.8) is 0 Å². The van der Waals surface area contributed by atoms with E-state index in [0.717, 1.165) is 0 Å². The quantitative estimate of drug-likeness (QED) is 0.848. The lowest BCUT2D eigenvalue weighted by Gasteiger charge is -2.23. The molecule has 1 aromatic heterocycles. The van der Waals surface area contributed by atoms with Crippen LogP contribution in [0.15, 0.2) is 34.9 Å². The SMILES string of the molecule is Cc1cc(NC(=O)[C@@H](C)N(C)CCOc2ccccc2F)no1. The fourth-order valence-corrected chi connectivity index (χ4v) is 1.91. The van der Waals surface area contributed by atoms with Crippen LogP contribution in [0.1, 0.15) is 12.7 Å². The maximum absolute atomic E-state index is 13.4. The van der Waals surface area contributed by atoms with Gasteiger partial charge < -0.3 is 14.6 Å². The molecular weight excluding hydrogens is 301 g/mol. The summed E-state index contributed by atoms with van der Waals surface area (Å²) in [5.74, 6) is 0.611. The molecule has 0 aliphatic heterocycles. The van der Waals surface area contributed by atoms with Crippen LogP contribution < -0.4 is 10.1 Å². The normalized spacial score (nSPS) is 12.2. The highest BCUT2D eigenvalue weighted by atomic mass is 19.1. The van der Waals surface area contributed by atoms with E-state index in [0.29, 0.717) is 18.1 Å². The number of likely N-dealkylation sites (N-methyl/N-ethyl adjacent to an activating group) is 1. The highest BCUT2D eigenvalue weighted by molar-refractivity contribution is 5.93. The molecule has 1 heterocycles. The first-order chi connectivity index (χ1) is 11.0. The van der Waals surface area contributed by atoms with Crippen LogP contribution >= 0.6 is 0 Å². The molecule has 0 spiro atoms. The number of nitrogens with zero attached hydrogens (tertiary/aromatic N) is 2. The topological polar surface area (TPSA) is 67.6 Å². The number of anilines is 1. The van der Waals surface area contributed by atoms with Crippen LogP contribution in [-0.4, -0.2) is 42.2 Å². The van der Waals surface area contributed by atoms with E-state index in [2.05, 4.69) is 10.5 Å². The Morgan fingerprint density at radius 3 is 2.87 bits per heavy atom. The highest BCUT2D eigenvalue weighted by Gasteiger charge is 2.19. The van der Waals surface area contributed by atoms with E-state index in [-0.39, 0.29) is 18.3 Å². The first-order valence-electron chi connectivity index (χ1n) is 7.29. The summed E-state index contributed by atoms with van der Waals surface area (Å²) in [4.78, 5) is 13.9. The summed E-state index contributed by atoms with van der Waals surface area (Å²) in [5.41, 5.74) is 0. The lowest BCUT2D eigenvalue weighted by Crippen LogP contribution is -2.41. The third-order valence-corrected chi connectivity index (χ3v) is 3.46. The second-order valence-electron chi connectivity index (χ2n) is 5.25. The summed E-state index contributed by atoms with van der Waals surface area (Å²) in [6, 6.07) is 7.47. The maximum atomic E-state index is 13.4. The molecule has 0 aliphatic rings. The van der Waals surface area contributed by atoms with Gasteiger partial charge in [-0.25, -0.2) is 4.39 Å². The Hall–Kier alpha value is -2.41. The van der Waals surface area contributed by atoms with E-state index in [4.69, 9.17) is 9.26 Å². The van der Waals surface area contributed by atoms with Gasteiger partial charge in [-0.15, -0.1) is 0 Å². The molecule has 1 aromatic carbocycles. The molecule has 1 amide bonds. The molecule has 23 heavy (non-hydrogen) atoms. The summed E-state index contributed by atoms with van der Waals surface area (Å²) in [7, 11) is 1.79. The van der Waals surface area contributed by atoms with Gasteiger partial charge in [0.05, 0.1) is 6.04 Å². The van der Waals surface area contributed by atoms with Gasteiger partial charge in [0.1, 0.15) is 12.4 Å². The average Bonchev–Trinajstić information content (AvgIpc) is 2.93. The lowest BCUT2D eigenvalue weighted by atomic mass is 10.2. The van der Waals surface area contributed by atoms with E-state index >= 15 is 0 Å². The van der Waals surface area contributed by atoms with Crippen molar-refractivity contribution in [2.75, 3.05) is 25.5 Å². The van der Waals surface area contributed by atoms with Crippen LogP contribution in [0.3, 0.4) is 0 Å². The molecule has 1 atom stereocenters. The molecule has 7 heteroatoms. The monoisotopic (exact) mass is 321 g/mol. The molecule has 6 nitrogen and oxygen atoms in total. The van der Waals surface area contributed by atoms with Crippen molar-refractivity contribution < 1.29 is 18.4 Å². The minimum atomic E-state index is -0.401. The van der Waals surface area contributed by atoms with Gasteiger partial charge >= 0.3 is 0 Å². The van der Waals surface area contributed by atoms with Crippen molar-refractivity contribution in [2.45, 2.75) is 19.9 Å². The molecule has 0 fully saturated rings. The minimum absolute atomic E-state index is 0.202. The summed E-state index contributed by atoms with van der Waals surface area (Å²) in [6.45, 7) is 4.27. The van der Waals surface area contributed by atoms with Crippen molar-refractivity contribution >= 4 is 11.7 Å². The molecule has 2 rings (SSSR count). The zero-order valence-electron chi connectivity index (χ0n) is 13.4. The number of carbonyl (C=O) groups excluding carboxylic acids is 1. The van der Waals surface area contributed by atoms with Crippen molar-refractivity contribution in [2.24, 2.45) is 0 Å². The second-order valence-corrected chi connectivity index (χ2v) is 5.25. The predicted molar refractivity (Wildman–Crippen MR) is 83.9 cm³/mol. The summed E-state index contributed by atoms with van der Waals surface area (Å²) in [6.07, 6.45) is 0. The number of para-hydroxylation sites is 1. The van der Waals surface area contributed by atoms with Gasteiger partial charge in [0, 0.05) is 12.6 Å². The van der Waals surface area contributed by atoms with Gasteiger partial charge in [-0.2, -0.15) is 0 Å². The van der Waals surface area contributed by atoms with Crippen LogP contribution in [0.4, 0.5) is 10.2 Å².